The van der Waals surface area contributed by atoms with Crippen molar-refractivity contribution in [2.75, 3.05) is 17.8 Å². The lowest BCUT2D eigenvalue weighted by Crippen LogP contribution is -2.27. The lowest BCUT2D eigenvalue weighted by Gasteiger charge is -2.20. The van der Waals surface area contributed by atoms with E-state index in [9.17, 15) is 16.8 Å². The minimum Gasteiger partial charge on any atom is -0.279 e. The number of nitrogens with one attached hydrogen (secondary N) is 1. The highest BCUT2D eigenvalue weighted by Crippen LogP contribution is 2.30. The molecule has 150 valence electrons. The summed E-state index contributed by atoms with van der Waals surface area (Å²) in [6.45, 7) is 1.03. The number of nitrogens with zero attached hydrogens (tertiary/aromatic N) is 1. The number of hydrogen-bond acceptors (Lipinski definition) is 4. The van der Waals surface area contributed by atoms with Crippen LogP contribution >= 0.6 is 0 Å². The molecule has 0 amide bonds. The second-order valence-corrected chi connectivity index (χ2v) is 11.0. The van der Waals surface area contributed by atoms with Crippen LogP contribution in [0.1, 0.15) is 36.8 Å². The molecule has 1 N–H and O–H groups in total. The zero-order valence-corrected chi connectivity index (χ0v) is 17.2. The van der Waals surface area contributed by atoms with Gasteiger partial charge in [-0.15, -0.1) is 0 Å². The highest BCUT2D eigenvalue weighted by molar-refractivity contribution is 7.92. The van der Waals surface area contributed by atoms with Gasteiger partial charge in [-0.3, -0.25) is 4.72 Å². The van der Waals surface area contributed by atoms with E-state index in [1.807, 2.05) is 12.1 Å². The first-order valence-corrected chi connectivity index (χ1v) is 12.5. The van der Waals surface area contributed by atoms with Crippen LogP contribution < -0.4 is 4.72 Å². The van der Waals surface area contributed by atoms with E-state index in [1.165, 1.54) is 34.1 Å². The van der Waals surface area contributed by atoms with E-state index in [0.29, 0.717) is 18.8 Å². The minimum absolute atomic E-state index is 0.0567. The van der Waals surface area contributed by atoms with E-state index >= 15 is 0 Å². The molecule has 1 fully saturated rings. The lowest BCUT2D eigenvalue weighted by atomic mass is 9.91. The van der Waals surface area contributed by atoms with Crippen LogP contribution in [0.4, 0.5) is 5.69 Å². The fourth-order valence-electron chi connectivity index (χ4n) is 3.95. The van der Waals surface area contributed by atoms with E-state index in [0.717, 1.165) is 44.1 Å². The summed E-state index contributed by atoms with van der Waals surface area (Å²) < 4.78 is 55.0. The van der Waals surface area contributed by atoms with Gasteiger partial charge >= 0.3 is 0 Å². The number of anilines is 1. The Kier molecular flexibility index (Phi) is 5.20. The van der Waals surface area contributed by atoms with Crippen molar-refractivity contribution in [1.82, 2.24) is 4.31 Å². The number of benzene rings is 2. The van der Waals surface area contributed by atoms with Crippen molar-refractivity contribution in [1.29, 1.82) is 0 Å². The van der Waals surface area contributed by atoms with Gasteiger partial charge in [0.05, 0.1) is 15.5 Å². The number of aryl methyl sites for hydroxylation is 1. The summed E-state index contributed by atoms with van der Waals surface area (Å²) in [5.41, 5.74) is 2.87. The predicted molar refractivity (Wildman–Crippen MR) is 108 cm³/mol. The Morgan fingerprint density at radius 2 is 1.39 bits per heavy atom. The van der Waals surface area contributed by atoms with Crippen molar-refractivity contribution in [3.63, 3.8) is 0 Å². The predicted octanol–water partition coefficient (Wildman–Crippen LogP) is 3.15. The zero-order valence-electron chi connectivity index (χ0n) is 15.6. The standard InChI is InChI=1S/C20H24N2O4S2/c23-27(24,21-20-9-5-7-16-6-1-2-8-19(16)20)17-10-12-18(13-11-17)28(25,26)22-14-3-4-15-22/h5,7,9-13,21H,1-4,6,8,14-15H2. The Balaban J connectivity index is 1.59. The molecule has 2 aliphatic rings. The third-order valence-corrected chi connectivity index (χ3v) is 8.77. The van der Waals surface area contributed by atoms with Gasteiger partial charge in [0.25, 0.3) is 10.0 Å². The summed E-state index contributed by atoms with van der Waals surface area (Å²) in [5.74, 6) is 0. The molecule has 6 nitrogen and oxygen atoms in total. The molecule has 0 saturated carbocycles. The monoisotopic (exact) mass is 420 g/mol. The van der Waals surface area contributed by atoms with Crippen molar-refractivity contribution in [2.24, 2.45) is 0 Å². The fraction of sp³-hybridized carbons (Fsp3) is 0.400. The molecule has 0 radical (unpaired) electrons. The van der Waals surface area contributed by atoms with Crippen LogP contribution in [0.25, 0.3) is 0 Å². The second-order valence-electron chi connectivity index (χ2n) is 7.34. The van der Waals surface area contributed by atoms with E-state index in [-0.39, 0.29) is 9.79 Å². The van der Waals surface area contributed by atoms with Crippen molar-refractivity contribution in [3.8, 4) is 0 Å². The SMILES string of the molecule is O=S(=O)(Nc1cccc2c1CCCC2)c1ccc(S(=O)(=O)N2CCCC2)cc1. The van der Waals surface area contributed by atoms with Crippen LogP contribution in [0.2, 0.25) is 0 Å². The van der Waals surface area contributed by atoms with Gasteiger partial charge < -0.3 is 0 Å². The van der Waals surface area contributed by atoms with Gasteiger partial charge in [-0.2, -0.15) is 4.31 Å². The maximum atomic E-state index is 12.8. The first-order valence-electron chi connectivity index (χ1n) is 9.62. The van der Waals surface area contributed by atoms with E-state index in [1.54, 1.807) is 6.07 Å². The highest BCUT2D eigenvalue weighted by atomic mass is 32.2. The molecule has 1 heterocycles. The summed E-state index contributed by atoms with van der Waals surface area (Å²) in [6.07, 6.45) is 5.72. The van der Waals surface area contributed by atoms with Crippen molar-refractivity contribution < 1.29 is 16.8 Å². The van der Waals surface area contributed by atoms with Crippen molar-refractivity contribution >= 4 is 25.7 Å². The van der Waals surface area contributed by atoms with E-state index < -0.39 is 20.0 Å². The van der Waals surface area contributed by atoms with E-state index in [4.69, 9.17) is 0 Å². The molecular formula is C20H24N2O4S2. The fourth-order valence-corrected chi connectivity index (χ4v) is 6.56. The largest absolute Gasteiger partial charge is 0.279 e. The first kappa shape index (κ1) is 19.4. The molecule has 8 heteroatoms. The molecule has 1 saturated heterocycles. The Hall–Kier alpha value is -1.90. The number of rotatable bonds is 5. The Morgan fingerprint density at radius 1 is 0.750 bits per heavy atom. The van der Waals surface area contributed by atoms with Crippen LogP contribution in [0.3, 0.4) is 0 Å². The molecule has 1 aliphatic carbocycles. The van der Waals surface area contributed by atoms with Crippen LogP contribution in [0.5, 0.6) is 0 Å². The highest BCUT2D eigenvalue weighted by Gasteiger charge is 2.27. The molecule has 28 heavy (non-hydrogen) atoms. The minimum atomic E-state index is -3.79. The van der Waals surface area contributed by atoms with Gasteiger partial charge in [0, 0.05) is 13.1 Å². The Bertz CT molecular complexity index is 1070. The van der Waals surface area contributed by atoms with Crippen molar-refractivity contribution in [2.45, 2.75) is 48.3 Å². The molecular weight excluding hydrogens is 396 g/mol. The molecule has 0 atom stereocenters. The summed E-state index contributed by atoms with van der Waals surface area (Å²) >= 11 is 0. The maximum Gasteiger partial charge on any atom is 0.261 e. The van der Waals surface area contributed by atoms with Gasteiger partial charge in [0.15, 0.2) is 0 Å². The summed E-state index contributed by atoms with van der Waals surface area (Å²) in [6, 6.07) is 11.2. The second kappa shape index (κ2) is 7.50. The summed E-state index contributed by atoms with van der Waals surface area (Å²) in [5, 5.41) is 0. The normalized spacial score (nSPS) is 18.0. The Labute approximate surface area is 166 Å². The maximum absolute atomic E-state index is 12.8. The summed E-state index contributed by atoms with van der Waals surface area (Å²) in [7, 11) is -7.34. The van der Waals surface area contributed by atoms with Crippen LogP contribution in [-0.2, 0) is 32.9 Å². The topological polar surface area (TPSA) is 83.5 Å². The average molecular weight is 421 g/mol. The van der Waals surface area contributed by atoms with Gasteiger partial charge in [0.2, 0.25) is 10.0 Å². The third kappa shape index (κ3) is 3.68. The van der Waals surface area contributed by atoms with Gasteiger partial charge in [-0.1, -0.05) is 12.1 Å². The molecule has 1 aliphatic heterocycles. The van der Waals surface area contributed by atoms with Crippen LogP contribution in [0, 0.1) is 0 Å². The number of fused-ring (bicyclic) bond motifs is 1. The molecule has 0 unspecified atom stereocenters. The quantitative estimate of drug-likeness (QED) is 0.805. The van der Waals surface area contributed by atoms with E-state index in [2.05, 4.69) is 4.72 Å². The van der Waals surface area contributed by atoms with Crippen molar-refractivity contribution in [3.05, 3.63) is 53.6 Å². The van der Waals surface area contributed by atoms with Gasteiger partial charge in [0.1, 0.15) is 0 Å². The molecule has 0 aromatic heterocycles. The average Bonchev–Trinajstić information content (AvgIpc) is 3.24. The molecule has 2 aromatic carbocycles. The molecule has 4 rings (SSSR count). The third-order valence-electron chi connectivity index (χ3n) is 5.48. The molecule has 0 spiro atoms. The first-order chi connectivity index (χ1) is 13.4. The van der Waals surface area contributed by atoms with Crippen LogP contribution in [-0.4, -0.2) is 34.2 Å². The van der Waals surface area contributed by atoms with Gasteiger partial charge in [-0.25, -0.2) is 16.8 Å². The summed E-state index contributed by atoms with van der Waals surface area (Å²) in [4.78, 5) is 0.187. The zero-order chi connectivity index (χ0) is 19.8. The molecule has 0 bridgehead atoms. The Morgan fingerprint density at radius 3 is 2.11 bits per heavy atom. The number of hydrogen-bond donors (Lipinski definition) is 1. The lowest BCUT2D eigenvalue weighted by molar-refractivity contribution is 0.477. The van der Waals surface area contributed by atoms with Gasteiger partial charge in [-0.05, 0) is 80.0 Å². The number of sulfonamides is 2. The smallest absolute Gasteiger partial charge is 0.261 e. The van der Waals surface area contributed by atoms with Crippen LogP contribution in [0.15, 0.2) is 52.3 Å². The molecule has 2 aromatic rings.